The van der Waals surface area contributed by atoms with E-state index in [2.05, 4.69) is 5.32 Å². The molecule has 0 spiro atoms. The molecule has 0 radical (unpaired) electrons. The van der Waals surface area contributed by atoms with E-state index in [0.717, 1.165) is 0 Å². The number of anilines is 1. The summed E-state index contributed by atoms with van der Waals surface area (Å²) in [4.78, 5) is 11.9. The summed E-state index contributed by atoms with van der Waals surface area (Å²) in [5, 5.41) is 2.48. The van der Waals surface area contributed by atoms with E-state index in [0.29, 0.717) is 17.2 Å². The van der Waals surface area contributed by atoms with Crippen LogP contribution in [-0.4, -0.2) is 20.3 Å². The molecule has 21 heavy (non-hydrogen) atoms. The van der Waals surface area contributed by atoms with Crippen molar-refractivity contribution in [2.24, 2.45) is 0 Å². The molecule has 0 heterocycles. The van der Waals surface area contributed by atoms with E-state index < -0.39 is 6.09 Å². The summed E-state index contributed by atoms with van der Waals surface area (Å²) in [6, 6.07) is 10.3. The predicted octanol–water partition coefficient (Wildman–Crippen LogP) is 3.45. The molecule has 1 N–H and O–H groups in total. The second-order valence-electron chi connectivity index (χ2n) is 4.01. The van der Waals surface area contributed by atoms with Crippen LogP contribution in [0.3, 0.4) is 0 Å². The maximum atomic E-state index is 12.8. The van der Waals surface area contributed by atoms with Crippen LogP contribution in [0.1, 0.15) is 0 Å². The Morgan fingerprint density at radius 3 is 2.10 bits per heavy atom. The second kappa shape index (κ2) is 6.60. The number of benzene rings is 2. The lowest BCUT2D eigenvalue weighted by molar-refractivity contribution is 0.210. The van der Waals surface area contributed by atoms with E-state index in [1.54, 1.807) is 18.2 Å². The number of amides is 1. The van der Waals surface area contributed by atoms with Crippen LogP contribution in [0, 0.1) is 5.82 Å². The first kappa shape index (κ1) is 14.6. The molecule has 0 saturated heterocycles. The van der Waals surface area contributed by atoms with Crippen LogP contribution in [0.5, 0.6) is 17.2 Å². The van der Waals surface area contributed by atoms with Gasteiger partial charge in [-0.2, -0.15) is 0 Å². The fraction of sp³-hybridized carbons (Fsp3) is 0.133. The van der Waals surface area contributed by atoms with E-state index in [1.807, 2.05) is 0 Å². The zero-order valence-electron chi connectivity index (χ0n) is 11.6. The van der Waals surface area contributed by atoms with Crippen molar-refractivity contribution in [2.45, 2.75) is 0 Å². The summed E-state index contributed by atoms with van der Waals surface area (Å²) in [6.45, 7) is 0. The minimum atomic E-state index is -0.732. The Hall–Kier alpha value is -2.76. The third-order valence-corrected chi connectivity index (χ3v) is 2.67. The highest BCUT2D eigenvalue weighted by molar-refractivity contribution is 5.87. The summed E-state index contributed by atoms with van der Waals surface area (Å²) in [7, 11) is 2.92. The fourth-order valence-corrected chi connectivity index (χ4v) is 1.69. The van der Waals surface area contributed by atoms with Gasteiger partial charge in [0.25, 0.3) is 0 Å². The molecule has 2 aromatic rings. The van der Waals surface area contributed by atoms with E-state index in [4.69, 9.17) is 14.2 Å². The van der Waals surface area contributed by atoms with Crippen molar-refractivity contribution in [3.05, 3.63) is 48.3 Å². The number of halogens is 1. The van der Waals surface area contributed by atoms with E-state index in [-0.39, 0.29) is 11.6 Å². The fourth-order valence-electron chi connectivity index (χ4n) is 1.69. The van der Waals surface area contributed by atoms with Crippen molar-refractivity contribution >= 4 is 11.8 Å². The van der Waals surface area contributed by atoms with Gasteiger partial charge in [-0.05, 0) is 36.4 Å². The average molecular weight is 291 g/mol. The number of hydrogen-bond donors (Lipinski definition) is 1. The first-order valence-corrected chi connectivity index (χ1v) is 6.09. The molecule has 6 heteroatoms. The quantitative estimate of drug-likeness (QED) is 0.937. The SMILES string of the molecule is COc1cccc(OC)c1OC(=O)Nc1ccc(F)cc1. The Labute approximate surface area is 121 Å². The van der Waals surface area contributed by atoms with Crippen molar-refractivity contribution in [2.75, 3.05) is 19.5 Å². The van der Waals surface area contributed by atoms with Gasteiger partial charge < -0.3 is 14.2 Å². The van der Waals surface area contributed by atoms with Gasteiger partial charge >= 0.3 is 6.09 Å². The Morgan fingerprint density at radius 1 is 1.00 bits per heavy atom. The largest absolute Gasteiger partial charge is 0.493 e. The van der Waals surface area contributed by atoms with Crippen molar-refractivity contribution < 1.29 is 23.4 Å². The van der Waals surface area contributed by atoms with Gasteiger partial charge in [-0.3, -0.25) is 5.32 Å². The Bertz CT molecular complexity index is 606. The maximum absolute atomic E-state index is 12.8. The van der Waals surface area contributed by atoms with Crippen LogP contribution in [0.25, 0.3) is 0 Å². The third kappa shape index (κ3) is 3.62. The van der Waals surface area contributed by atoms with Gasteiger partial charge in [0.05, 0.1) is 14.2 Å². The molecule has 0 aromatic heterocycles. The maximum Gasteiger partial charge on any atom is 0.417 e. The smallest absolute Gasteiger partial charge is 0.417 e. The number of rotatable bonds is 4. The summed E-state index contributed by atoms with van der Waals surface area (Å²) >= 11 is 0. The van der Waals surface area contributed by atoms with Crippen molar-refractivity contribution in [1.82, 2.24) is 0 Å². The molecule has 0 saturated carbocycles. The number of para-hydroxylation sites is 1. The molecule has 1 amide bonds. The van der Waals surface area contributed by atoms with Gasteiger partial charge in [-0.25, -0.2) is 9.18 Å². The highest BCUT2D eigenvalue weighted by Crippen LogP contribution is 2.36. The minimum absolute atomic E-state index is 0.169. The predicted molar refractivity (Wildman–Crippen MR) is 75.6 cm³/mol. The Kier molecular flexibility index (Phi) is 4.61. The molecular formula is C15H14FNO4. The standard InChI is InChI=1S/C15H14FNO4/c1-19-12-4-3-5-13(20-2)14(12)21-15(18)17-11-8-6-10(16)7-9-11/h3-9H,1-2H3,(H,17,18). The molecule has 0 aliphatic heterocycles. The monoisotopic (exact) mass is 291 g/mol. The van der Waals surface area contributed by atoms with E-state index in [9.17, 15) is 9.18 Å². The molecule has 0 unspecified atom stereocenters. The molecule has 0 bridgehead atoms. The lowest BCUT2D eigenvalue weighted by atomic mass is 10.3. The van der Waals surface area contributed by atoms with Crippen LogP contribution >= 0.6 is 0 Å². The van der Waals surface area contributed by atoms with Gasteiger partial charge in [0.1, 0.15) is 5.82 Å². The van der Waals surface area contributed by atoms with Crippen LogP contribution in [0.2, 0.25) is 0 Å². The van der Waals surface area contributed by atoms with E-state index in [1.165, 1.54) is 38.5 Å². The number of hydrogen-bond acceptors (Lipinski definition) is 4. The molecular weight excluding hydrogens is 277 g/mol. The Balaban J connectivity index is 2.14. The highest BCUT2D eigenvalue weighted by Gasteiger charge is 2.15. The van der Waals surface area contributed by atoms with Gasteiger partial charge in [-0.15, -0.1) is 0 Å². The molecule has 110 valence electrons. The molecule has 2 aromatic carbocycles. The van der Waals surface area contributed by atoms with Gasteiger partial charge in [0.2, 0.25) is 5.75 Å². The van der Waals surface area contributed by atoms with Crippen LogP contribution in [0.15, 0.2) is 42.5 Å². The first-order valence-electron chi connectivity index (χ1n) is 6.09. The second-order valence-corrected chi connectivity index (χ2v) is 4.01. The van der Waals surface area contributed by atoms with Crippen molar-refractivity contribution in [1.29, 1.82) is 0 Å². The number of methoxy groups -OCH3 is 2. The molecule has 0 aliphatic rings. The summed E-state index contributed by atoms with van der Waals surface area (Å²) in [5.41, 5.74) is 0.412. The third-order valence-electron chi connectivity index (χ3n) is 2.67. The van der Waals surface area contributed by atoms with Crippen LogP contribution in [0.4, 0.5) is 14.9 Å². The van der Waals surface area contributed by atoms with Crippen LogP contribution in [-0.2, 0) is 0 Å². The minimum Gasteiger partial charge on any atom is -0.493 e. The Morgan fingerprint density at radius 2 is 1.57 bits per heavy atom. The summed E-state index contributed by atoms with van der Waals surface area (Å²) in [5.74, 6) is 0.509. The molecule has 5 nitrogen and oxygen atoms in total. The normalized spacial score (nSPS) is 9.86. The summed E-state index contributed by atoms with van der Waals surface area (Å²) in [6.07, 6.45) is -0.732. The highest BCUT2D eigenvalue weighted by atomic mass is 19.1. The average Bonchev–Trinajstić information content (AvgIpc) is 2.49. The number of carbonyl (C=O) groups is 1. The number of ether oxygens (including phenoxy) is 3. The van der Waals surface area contributed by atoms with Crippen molar-refractivity contribution in [3.63, 3.8) is 0 Å². The molecule has 0 atom stereocenters. The van der Waals surface area contributed by atoms with E-state index >= 15 is 0 Å². The topological polar surface area (TPSA) is 56.8 Å². The van der Waals surface area contributed by atoms with Gasteiger partial charge in [0.15, 0.2) is 11.5 Å². The van der Waals surface area contributed by atoms with Crippen molar-refractivity contribution in [3.8, 4) is 17.2 Å². The van der Waals surface area contributed by atoms with Gasteiger partial charge in [-0.1, -0.05) is 6.07 Å². The molecule has 0 aliphatic carbocycles. The zero-order valence-corrected chi connectivity index (χ0v) is 11.6. The van der Waals surface area contributed by atoms with Gasteiger partial charge in [0, 0.05) is 5.69 Å². The van der Waals surface area contributed by atoms with Crippen LogP contribution < -0.4 is 19.5 Å². The summed E-state index contributed by atoms with van der Waals surface area (Å²) < 4.78 is 28.2. The lowest BCUT2D eigenvalue weighted by Gasteiger charge is -2.13. The zero-order chi connectivity index (χ0) is 15.2. The molecule has 0 fully saturated rings. The number of carbonyl (C=O) groups excluding carboxylic acids is 1. The first-order chi connectivity index (χ1) is 10.1. The number of nitrogens with one attached hydrogen (secondary N) is 1. The molecule has 2 rings (SSSR count). The lowest BCUT2D eigenvalue weighted by Crippen LogP contribution is -2.17.